The quantitative estimate of drug-likeness (QED) is 0.786. The van der Waals surface area contributed by atoms with Crippen LogP contribution in [0, 0.1) is 11.8 Å². The summed E-state index contributed by atoms with van der Waals surface area (Å²) in [6, 6.07) is 1.49. The Bertz CT molecular complexity index is 233. The number of ether oxygens (including phenoxy) is 1. The molecular formula is C15H30N2O. The number of morpholine rings is 1. The summed E-state index contributed by atoms with van der Waals surface area (Å²) in [5.41, 5.74) is 0. The average molecular weight is 254 g/mol. The van der Waals surface area contributed by atoms with E-state index in [-0.39, 0.29) is 0 Å². The van der Waals surface area contributed by atoms with Crippen LogP contribution >= 0.6 is 0 Å². The second-order valence-corrected chi connectivity index (χ2v) is 6.61. The number of nitrogens with one attached hydrogen (secondary N) is 1. The van der Waals surface area contributed by atoms with E-state index in [0.717, 1.165) is 50.7 Å². The zero-order chi connectivity index (χ0) is 13.0. The summed E-state index contributed by atoms with van der Waals surface area (Å²) < 4.78 is 5.46. The average Bonchev–Trinajstić information content (AvgIpc) is 2.32. The molecule has 0 spiro atoms. The summed E-state index contributed by atoms with van der Waals surface area (Å²) in [6.07, 6.45) is 4.05. The molecule has 3 nitrogen and oxygen atoms in total. The third-order valence-electron chi connectivity index (χ3n) is 4.32. The third kappa shape index (κ3) is 4.22. The summed E-state index contributed by atoms with van der Waals surface area (Å²) >= 11 is 0. The smallest absolute Gasteiger partial charge is 0.0594 e. The minimum atomic E-state index is 0.699. The second-order valence-electron chi connectivity index (χ2n) is 6.61. The van der Waals surface area contributed by atoms with Crippen molar-refractivity contribution in [3.05, 3.63) is 0 Å². The zero-order valence-corrected chi connectivity index (χ0v) is 12.3. The van der Waals surface area contributed by atoms with Crippen LogP contribution in [0.5, 0.6) is 0 Å². The molecule has 1 N–H and O–H groups in total. The minimum absolute atomic E-state index is 0.699. The molecule has 0 radical (unpaired) electrons. The highest BCUT2D eigenvalue weighted by molar-refractivity contribution is 4.85. The second kappa shape index (κ2) is 6.88. The van der Waals surface area contributed by atoms with E-state index < -0.39 is 0 Å². The van der Waals surface area contributed by atoms with Crippen LogP contribution in [0.3, 0.4) is 0 Å². The molecule has 0 aromatic rings. The highest BCUT2D eigenvalue weighted by Crippen LogP contribution is 2.26. The largest absolute Gasteiger partial charge is 0.379 e. The van der Waals surface area contributed by atoms with Crippen LogP contribution in [-0.4, -0.2) is 49.8 Å². The molecule has 2 rings (SSSR count). The van der Waals surface area contributed by atoms with Crippen LogP contribution in [0.15, 0.2) is 0 Å². The van der Waals surface area contributed by atoms with Crippen LogP contribution in [-0.2, 0) is 4.74 Å². The molecule has 1 atom stereocenters. The lowest BCUT2D eigenvalue weighted by Crippen LogP contribution is -2.51. The van der Waals surface area contributed by atoms with E-state index in [1.165, 1.54) is 19.3 Å². The van der Waals surface area contributed by atoms with E-state index in [9.17, 15) is 0 Å². The number of rotatable bonds is 6. The standard InChI is InChI=1S/C15H30N2O/c1-12(2)8-15(17-4-6-18-7-5-17)11-16-14-9-13(3)10-14/h12-16H,4-11H2,1-3H3. The van der Waals surface area contributed by atoms with Crippen molar-refractivity contribution in [1.82, 2.24) is 10.2 Å². The molecule has 1 saturated carbocycles. The van der Waals surface area contributed by atoms with Crippen molar-refractivity contribution in [3.8, 4) is 0 Å². The van der Waals surface area contributed by atoms with Gasteiger partial charge in [-0.3, -0.25) is 4.90 Å². The topological polar surface area (TPSA) is 24.5 Å². The number of nitrogens with zero attached hydrogens (tertiary/aromatic N) is 1. The fourth-order valence-electron chi connectivity index (χ4n) is 3.22. The molecule has 1 aliphatic heterocycles. The Balaban J connectivity index is 1.76. The van der Waals surface area contributed by atoms with Gasteiger partial charge < -0.3 is 10.1 Å². The van der Waals surface area contributed by atoms with Crippen molar-refractivity contribution in [2.45, 2.75) is 52.1 Å². The van der Waals surface area contributed by atoms with Gasteiger partial charge in [0.1, 0.15) is 0 Å². The fraction of sp³-hybridized carbons (Fsp3) is 1.00. The Kier molecular flexibility index (Phi) is 5.46. The Labute approximate surface area is 112 Å². The molecule has 1 saturated heterocycles. The Hall–Kier alpha value is -0.120. The Morgan fingerprint density at radius 1 is 1.22 bits per heavy atom. The molecule has 2 fully saturated rings. The van der Waals surface area contributed by atoms with E-state index >= 15 is 0 Å². The first-order valence-electron chi connectivity index (χ1n) is 7.70. The van der Waals surface area contributed by atoms with Gasteiger partial charge in [0.25, 0.3) is 0 Å². The lowest BCUT2D eigenvalue weighted by atomic mass is 9.82. The molecule has 1 aliphatic carbocycles. The van der Waals surface area contributed by atoms with Crippen molar-refractivity contribution in [3.63, 3.8) is 0 Å². The maximum absolute atomic E-state index is 5.46. The van der Waals surface area contributed by atoms with Gasteiger partial charge in [-0.2, -0.15) is 0 Å². The number of hydrogen-bond acceptors (Lipinski definition) is 3. The first-order valence-corrected chi connectivity index (χ1v) is 7.70. The van der Waals surface area contributed by atoms with Crippen LogP contribution in [0.4, 0.5) is 0 Å². The summed E-state index contributed by atoms with van der Waals surface area (Å²) in [7, 11) is 0. The van der Waals surface area contributed by atoms with Crippen molar-refractivity contribution in [2.75, 3.05) is 32.8 Å². The highest BCUT2D eigenvalue weighted by Gasteiger charge is 2.27. The minimum Gasteiger partial charge on any atom is -0.379 e. The van der Waals surface area contributed by atoms with Crippen molar-refractivity contribution >= 4 is 0 Å². The summed E-state index contributed by atoms with van der Waals surface area (Å²) in [4.78, 5) is 2.62. The van der Waals surface area contributed by atoms with Gasteiger partial charge in [0.05, 0.1) is 13.2 Å². The zero-order valence-electron chi connectivity index (χ0n) is 12.3. The Morgan fingerprint density at radius 2 is 1.89 bits per heavy atom. The normalized spacial score (nSPS) is 31.3. The van der Waals surface area contributed by atoms with Crippen molar-refractivity contribution in [1.29, 1.82) is 0 Å². The number of hydrogen-bond donors (Lipinski definition) is 1. The molecule has 106 valence electrons. The molecule has 0 aromatic heterocycles. The van der Waals surface area contributed by atoms with Gasteiger partial charge in [-0.1, -0.05) is 20.8 Å². The van der Waals surface area contributed by atoms with E-state index in [0.29, 0.717) is 6.04 Å². The van der Waals surface area contributed by atoms with E-state index in [2.05, 4.69) is 31.0 Å². The SMILES string of the molecule is CC(C)CC(CNC1CC(C)C1)N1CCOCC1. The van der Waals surface area contributed by atoms with Gasteiger partial charge in [0.15, 0.2) is 0 Å². The van der Waals surface area contributed by atoms with E-state index in [4.69, 9.17) is 4.74 Å². The summed E-state index contributed by atoms with van der Waals surface area (Å²) in [5, 5.41) is 3.77. The lowest BCUT2D eigenvalue weighted by Gasteiger charge is -2.39. The molecule has 0 amide bonds. The molecule has 1 unspecified atom stereocenters. The van der Waals surface area contributed by atoms with Crippen LogP contribution < -0.4 is 5.32 Å². The van der Waals surface area contributed by atoms with Crippen LogP contribution in [0.25, 0.3) is 0 Å². The lowest BCUT2D eigenvalue weighted by molar-refractivity contribution is 0.0107. The first kappa shape index (κ1) is 14.3. The van der Waals surface area contributed by atoms with Gasteiger partial charge >= 0.3 is 0 Å². The van der Waals surface area contributed by atoms with Gasteiger partial charge in [-0.05, 0) is 31.1 Å². The molecular weight excluding hydrogens is 224 g/mol. The summed E-state index contributed by atoms with van der Waals surface area (Å²) in [6.45, 7) is 12.2. The van der Waals surface area contributed by atoms with Crippen LogP contribution in [0.1, 0.15) is 40.0 Å². The van der Waals surface area contributed by atoms with Crippen molar-refractivity contribution < 1.29 is 4.74 Å². The fourth-order valence-corrected chi connectivity index (χ4v) is 3.22. The molecule has 2 aliphatic rings. The van der Waals surface area contributed by atoms with Crippen LogP contribution in [0.2, 0.25) is 0 Å². The molecule has 0 bridgehead atoms. The molecule has 18 heavy (non-hydrogen) atoms. The molecule has 1 heterocycles. The predicted octanol–water partition coefficient (Wildman–Crippen LogP) is 2.12. The van der Waals surface area contributed by atoms with Crippen molar-refractivity contribution in [2.24, 2.45) is 11.8 Å². The van der Waals surface area contributed by atoms with Gasteiger partial charge in [-0.15, -0.1) is 0 Å². The maximum Gasteiger partial charge on any atom is 0.0594 e. The van der Waals surface area contributed by atoms with Gasteiger partial charge in [0, 0.05) is 31.7 Å². The monoisotopic (exact) mass is 254 g/mol. The summed E-state index contributed by atoms with van der Waals surface area (Å²) in [5.74, 6) is 1.72. The predicted molar refractivity (Wildman–Crippen MR) is 75.8 cm³/mol. The van der Waals surface area contributed by atoms with Gasteiger partial charge in [-0.25, -0.2) is 0 Å². The first-order chi connectivity index (χ1) is 8.65. The highest BCUT2D eigenvalue weighted by atomic mass is 16.5. The molecule has 0 aromatic carbocycles. The maximum atomic E-state index is 5.46. The molecule has 3 heteroatoms. The third-order valence-corrected chi connectivity index (χ3v) is 4.32. The van der Waals surface area contributed by atoms with Gasteiger partial charge in [0.2, 0.25) is 0 Å². The Morgan fingerprint density at radius 3 is 2.44 bits per heavy atom. The van der Waals surface area contributed by atoms with E-state index in [1.54, 1.807) is 0 Å². The van der Waals surface area contributed by atoms with E-state index in [1.807, 2.05) is 0 Å².